The summed E-state index contributed by atoms with van der Waals surface area (Å²) in [6, 6.07) is 16.0. The highest BCUT2D eigenvalue weighted by molar-refractivity contribution is 9.10. The van der Waals surface area contributed by atoms with E-state index in [1.807, 2.05) is 37.3 Å². The van der Waals surface area contributed by atoms with Gasteiger partial charge in [0.2, 0.25) is 0 Å². The predicted molar refractivity (Wildman–Crippen MR) is 110 cm³/mol. The minimum Gasteiger partial charge on any atom is -0.313 e. The summed E-state index contributed by atoms with van der Waals surface area (Å²) in [4.78, 5) is 16.5. The minimum absolute atomic E-state index is 0.190. The summed E-state index contributed by atoms with van der Waals surface area (Å²) in [5.74, 6) is 0. The van der Waals surface area contributed by atoms with Crippen LogP contribution < -0.4 is 5.56 Å². The molecule has 0 spiro atoms. The Morgan fingerprint density at radius 2 is 1.69 bits per heavy atom. The van der Waals surface area contributed by atoms with Crippen LogP contribution in [-0.2, 0) is 6.54 Å². The lowest BCUT2D eigenvalue weighted by Crippen LogP contribution is -2.23. The normalized spacial score (nSPS) is 10.6. The van der Waals surface area contributed by atoms with Gasteiger partial charge in [-0.1, -0.05) is 51.8 Å². The van der Waals surface area contributed by atoms with Gasteiger partial charge in [0.15, 0.2) is 0 Å². The van der Waals surface area contributed by atoms with E-state index in [2.05, 4.69) is 52.8 Å². The Balaban J connectivity index is 2.23. The van der Waals surface area contributed by atoms with Crippen molar-refractivity contribution in [3.63, 3.8) is 0 Å². The summed E-state index contributed by atoms with van der Waals surface area (Å²) < 4.78 is 2.69. The second kappa shape index (κ2) is 7.31. The quantitative estimate of drug-likeness (QED) is 0.504. The molecule has 2 aromatic carbocycles. The van der Waals surface area contributed by atoms with Gasteiger partial charge in [0.1, 0.15) is 0 Å². The van der Waals surface area contributed by atoms with E-state index in [9.17, 15) is 4.79 Å². The molecule has 3 nitrogen and oxygen atoms in total. The number of hydrogen-bond acceptors (Lipinski definition) is 1. The van der Waals surface area contributed by atoms with E-state index in [4.69, 9.17) is 6.57 Å². The monoisotopic (exact) mass is 406 g/mol. The van der Waals surface area contributed by atoms with E-state index in [0.29, 0.717) is 12.1 Å². The van der Waals surface area contributed by atoms with Crippen LogP contribution in [0.4, 0.5) is 5.69 Å². The van der Waals surface area contributed by atoms with E-state index in [1.165, 1.54) is 5.56 Å². The van der Waals surface area contributed by atoms with E-state index in [-0.39, 0.29) is 11.2 Å². The van der Waals surface area contributed by atoms with Crippen LogP contribution in [0, 0.1) is 27.3 Å². The summed E-state index contributed by atoms with van der Waals surface area (Å²) in [5.41, 5.74) is 5.85. The summed E-state index contributed by atoms with van der Waals surface area (Å²) in [5, 5.41) is 0. The van der Waals surface area contributed by atoms with Gasteiger partial charge in [0.05, 0.1) is 13.1 Å². The smallest absolute Gasteiger partial charge is 0.257 e. The summed E-state index contributed by atoms with van der Waals surface area (Å²) in [6.45, 7) is 13.7. The minimum atomic E-state index is -0.238. The van der Waals surface area contributed by atoms with Crippen molar-refractivity contribution in [2.45, 2.75) is 27.3 Å². The average Bonchev–Trinajstić information content (AvgIpc) is 2.60. The number of pyridine rings is 1. The van der Waals surface area contributed by atoms with Crippen LogP contribution in [0.25, 0.3) is 16.1 Å². The molecule has 0 amide bonds. The van der Waals surface area contributed by atoms with E-state index in [0.717, 1.165) is 26.9 Å². The maximum atomic E-state index is 13.0. The Morgan fingerprint density at radius 1 is 1.00 bits per heavy atom. The Labute approximate surface area is 161 Å². The molecule has 26 heavy (non-hydrogen) atoms. The fourth-order valence-electron chi connectivity index (χ4n) is 3.10. The number of rotatable bonds is 3. The van der Waals surface area contributed by atoms with Gasteiger partial charge in [-0.25, -0.2) is 4.85 Å². The molecule has 0 atom stereocenters. The number of aromatic nitrogens is 1. The zero-order chi connectivity index (χ0) is 18.8. The fraction of sp³-hybridized carbons (Fsp3) is 0.182. The van der Waals surface area contributed by atoms with Crippen molar-refractivity contribution in [2.75, 3.05) is 0 Å². The Bertz CT molecular complexity index is 1070. The van der Waals surface area contributed by atoms with Gasteiger partial charge < -0.3 is 4.57 Å². The van der Waals surface area contributed by atoms with E-state index >= 15 is 0 Å². The van der Waals surface area contributed by atoms with Gasteiger partial charge >= 0.3 is 0 Å². The van der Waals surface area contributed by atoms with Crippen LogP contribution in [0.3, 0.4) is 0 Å². The lowest BCUT2D eigenvalue weighted by molar-refractivity contribution is 0.765. The summed E-state index contributed by atoms with van der Waals surface area (Å²) in [6.07, 6.45) is 0. The van der Waals surface area contributed by atoms with Gasteiger partial charge in [0.25, 0.3) is 11.2 Å². The highest BCUT2D eigenvalue weighted by Gasteiger charge is 2.15. The lowest BCUT2D eigenvalue weighted by atomic mass is 10.0. The molecule has 0 radical (unpaired) electrons. The zero-order valence-corrected chi connectivity index (χ0v) is 16.6. The van der Waals surface area contributed by atoms with Gasteiger partial charge in [-0.05, 0) is 61.2 Å². The van der Waals surface area contributed by atoms with Crippen molar-refractivity contribution >= 4 is 21.6 Å². The lowest BCUT2D eigenvalue weighted by Gasteiger charge is -2.17. The molecule has 0 saturated carbocycles. The molecular formula is C22H19BrN2O. The fourth-order valence-corrected chi connectivity index (χ4v) is 3.37. The van der Waals surface area contributed by atoms with Crippen LogP contribution in [0.5, 0.6) is 0 Å². The average molecular weight is 407 g/mol. The molecule has 3 aromatic rings. The molecule has 0 bridgehead atoms. The standard InChI is InChI=1S/C22H19BrN2O/c1-14-5-6-18(15(2)11-14)13-25-20(17-7-9-19(23)10-8-17)12-16(3)21(24-4)22(25)26/h5-12H,13H2,1-3H3. The highest BCUT2D eigenvalue weighted by Crippen LogP contribution is 2.26. The number of halogens is 1. The van der Waals surface area contributed by atoms with Crippen molar-refractivity contribution in [1.82, 2.24) is 4.57 Å². The van der Waals surface area contributed by atoms with Crippen LogP contribution >= 0.6 is 15.9 Å². The maximum absolute atomic E-state index is 13.0. The molecular weight excluding hydrogens is 388 g/mol. The Kier molecular flexibility index (Phi) is 5.11. The molecule has 3 rings (SSSR count). The van der Waals surface area contributed by atoms with Gasteiger partial charge in [-0.2, -0.15) is 0 Å². The first-order valence-corrected chi connectivity index (χ1v) is 9.14. The number of benzene rings is 2. The Morgan fingerprint density at radius 3 is 2.31 bits per heavy atom. The largest absolute Gasteiger partial charge is 0.313 e. The molecule has 1 aromatic heterocycles. The first kappa shape index (κ1) is 18.2. The molecule has 0 N–H and O–H groups in total. The van der Waals surface area contributed by atoms with Crippen molar-refractivity contribution in [3.05, 3.63) is 97.0 Å². The van der Waals surface area contributed by atoms with Crippen LogP contribution in [0.1, 0.15) is 22.3 Å². The van der Waals surface area contributed by atoms with Crippen molar-refractivity contribution in [3.8, 4) is 11.3 Å². The van der Waals surface area contributed by atoms with Gasteiger partial charge in [-0.15, -0.1) is 0 Å². The van der Waals surface area contributed by atoms with E-state index < -0.39 is 0 Å². The van der Waals surface area contributed by atoms with Crippen molar-refractivity contribution in [2.24, 2.45) is 0 Å². The molecule has 0 aliphatic carbocycles. The second-order valence-corrected chi connectivity index (χ2v) is 7.42. The molecule has 0 unspecified atom stereocenters. The van der Waals surface area contributed by atoms with E-state index in [1.54, 1.807) is 4.57 Å². The molecule has 1 heterocycles. The third-order valence-electron chi connectivity index (χ3n) is 4.54. The molecule has 4 heteroatoms. The topological polar surface area (TPSA) is 26.4 Å². The Hall–Kier alpha value is -2.64. The zero-order valence-electron chi connectivity index (χ0n) is 15.0. The first-order valence-electron chi connectivity index (χ1n) is 8.34. The van der Waals surface area contributed by atoms with Gasteiger partial charge in [0, 0.05) is 10.2 Å². The molecule has 0 aliphatic heterocycles. The van der Waals surface area contributed by atoms with Crippen LogP contribution in [0.15, 0.2) is 57.8 Å². The number of nitrogens with zero attached hydrogens (tertiary/aromatic N) is 2. The summed E-state index contributed by atoms with van der Waals surface area (Å²) >= 11 is 3.45. The highest BCUT2D eigenvalue weighted by atomic mass is 79.9. The number of aryl methyl sites for hydroxylation is 3. The third-order valence-corrected chi connectivity index (χ3v) is 5.07. The maximum Gasteiger partial charge on any atom is 0.257 e. The number of hydrogen-bond donors (Lipinski definition) is 0. The van der Waals surface area contributed by atoms with Crippen molar-refractivity contribution < 1.29 is 0 Å². The van der Waals surface area contributed by atoms with Crippen LogP contribution in [0.2, 0.25) is 0 Å². The molecule has 0 saturated heterocycles. The third kappa shape index (κ3) is 3.49. The predicted octanol–water partition coefficient (Wildman–Crippen LogP) is 5.80. The first-order chi connectivity index (χ1) is 12.4. The second-order valence-electron chi connectivity index (χ2n) is 6.50. The van der Waals surface area contributed by atoms with Crippen molar-refractivity contribution in [1.29, 1.82) is 0 Å². The molecule has 0 aliphatic rings. The molecule has 0 fully saturated rings. The summed E-state index contributed by atoms with van der Waals surface area (Å²) in [7, 11) is 0. The molecule has 130 valence electrons. The SMILES string of the molecule is [C-]#[N+]c1c(C)cc(-c2ccc(Br)cc2)n(Cc2ccc(C)cc2C)c1=O. The van der Waals surface area contributed by atoms with Crippen LogP contribution in [-0.4, -0.2) is 4.57 Å². The van der Waals surface area contributed by atoms with Gasteiger partial charge in [-0.3, -0.25) is 4.79 Å².